The minimum atomic E-state index is -0.534. The van der Waals surface area contributed by atoms with Gasteiger partial charge < -0.3 is 14.8 Å². The number of hydrogen-bond donors (Lipinski definition) is 1. The van der Waals surface area contributed by atoms with Crippen LogP contribution >= 0.6 is 0 Å². The fourth-order valence-corrected chi connectivity index (χ4v) is 2.54. The van der Waals surface area contributed by atoms with Crippen molar-refractivity contribution in [3.05, 3.63) is 23.3 Å². The van der Waals surface area contributed by atoms with Crippen LogP contribution in [-0.4, -0.2) is 27.3 Å². The first-order valence-corrected chi connectivity index (χ1v) is 6.31. The van der Waals surface area contributed by atoms with Crippen LogP contribution in [0.2, 0.25) is 0 Å². The van der Waals surface area contributed by atoms with Crippen molar-refractivity contribution in [3.8, 4) is 11.5 Å². The molecule has 1 atom stereocenters. The number of hydrogen-bond acceptors (Lipinski definition) is 3. The molecule has 1 aliphatic heterocycles. The van der Waals surface area contributed by atoms with Gasteiger partial charge in [-0.15, -0.1) is 0 Å². The second-order valence-corrected chi connectivity index (χ2v) is 4.59. The van der Waals surface area contributed by atoms with Gasteiger partial charge in [0.05, 0.1) is 14.2 Å². The largest absolute Gasteiger partial charge is 0.493 e. The van der Waals surface area contributed by atoms with Crippen LogP contribution in [0.15, 0.2) is 12.1 Å². The molecule has 0 aliphatic carbocycles. The molecule has 0 radical (unpaired) electrons. The topological polar surface area (TPSA) is 30.5 Å². The molecule has 0 bridgehead atoms. The van der Waals surface area contributed by atoms with Gasteiger partial charge in [-0.3, -0.25) is 0 Å². The third kappa shape index (κ3) is 2.58. The highest BCUT2D eigenvalue weighted by molar-refractivity contribution is 5.50. The van der Waals surface area contributed by atoms with Crippen molar-refractivity contribution >= 4 is 0 Å². The van der Waals surface area contributed by atoms with Crippen LogP contribution in [0.25, 0.3) is 0 Å². The maximum absolute atomic E-state index is 13.1. The monoisotopic (exact) mass is 253 g/mol. The normalized spacial score (nSPS) is 19.6. The Hall–Kier alpha value is -1.29. The lowest BCUT2D eigenvalue weighted by Crippen LogP contribution is -2.28. The van der Waals surface area contributed by atoms with Crippen LogP contribution < -0.4 is 14.8 Å². The van der Waals surface area contributed by atoms with Gasteiger partial charge in [0.1, 0.15) is 6.67 Å². The van der Waals surface area contributed by atoms with Gasteiger partial charge in [0, 0.05) is 12.1 Å². The van der Waals surface area contributed by atoms with E-state index in [2.05, 4.69) is 5.32 Å². The minimum absolute atomic E-state index is 0.434. The molecule has 1 aliphatic rings. The Bertz CT molecular complexity index is 378. The molecule has 100 valence electrons. The molecule has 3 nitrogen and oxygen atoms in total. The molecule has 1 fully saturated rings. The average Bonchev–Trinajstić information content (AvgIpc) is 2.46. The third-order valence-electron chi connectivity index (χ3n) is 3.49. The first-order valence-electron chi connectivity index (χ1n) is 6.31. The van der Waals surface area contributed by atoms with E-state index in [9.17, 15) is 4.39 Å². The molecule has 1 N–H and O–H groups in total. The molecule has 0 aromatic heterocycles. The molecule has 2 rings (SSSR count). The van der Waals surface area contributed by atoms with Gasteiger partial charge in [-0.05, 0) is 43.0 Å². The van der Waals surface area contributed by atoms with Gasteiger partial charge in [0.15, 0.2) is 11.5 Å². The number of benzene rings is 1. The number of nitrogens with one attached hydrogen (secondary N) is 1. The molecule has 0 spiro atoms. The summed E-state index contributed by atoms with van der Waals surface area (Å²) < 4.78 is 23.6. The number of alkyl halides is 1. The van der Waals surface area contributed by atoms with E-state index in [1.54, 1.807) is 14.2 Å². The van der Waals surface area contributed by atoms with E-state index >= 15 is 0 Å². The third-order valence-corrected chi connectivity index (χ3v) is 3.49. The molecule has 18 heavy (non-hydrogen) atoms. The van der Waals surface area contributed by atoms with E-state index in [0.717, 1.165) is 31.5 Å². The van der Waals surface area contributed by atoms with Crippen molar-refractivity contribution in [1.29, 1.82) is 0 Å². The summed E-state index contributed by atoms with van der Waals surface area (Å²) in [7, 11) is 3.13. The number of ether oxygens (including phenoxy) is 2. The molecule has 4 heteroatoms. The summed E-state index contributed by atoms with van der Waals surface area (Å²) in [6, 6.07) is 3.87. The summed E-state index contributed by atoms with van der Waals surface area (Å²) in [5, 5.41) is 3.37. The summed E-state index contributed by atoms with van der Waals surface area (Å²) in [5.41, 5.74) is 1.70. The van der Waals surface area contributed by atoms with Gasteiger partial charge in [-0.1, -0.05) is 0 Å². The van der Waals surface area contributed by atoms with E-state index < -0.39 is 6.67 Å². The molecule has 1 unspecified atom stereocenters. The van der Waals surface area contributed by atoms with E-state index in [1.165, 1.54) is 0 Å². The predicted octanol–water partition coefficient (Wildman–Crippen LogP) is 2.64. The van der Waals surface area contributed by atoms with Crippen molar-refractivity contribution in [3.63, 3.8) is 0 Å². The summed E-state index contributed by atoms with van der Waals surface area (Å²) in [6.07, 6.45) is 2.29. The molecular weight excluding hydrogens is 233 g/mol. The van der Waals surface area contributed by atoms with E-state index in [0.29, 0.717) is 23.0 Å². The van der Waals surface area contributed by atoms with Gasteiger partial charge in [-0.2, -0.15) is 0 Å². The average molecular weight is 253 g/mol. The predicted molar refractivity (Wildman–Crippen MR) is 69.2 cm³/mol. The van der Waals surface area contributed by atoms with Crippen LogP contribution in [0.1, 0.15) is 29.9 Å². The lowest BCUT2D eigenvalue weighted by atomic mass is 9.90. The number of methoxy groups -OCH3 is 2. The summed E-state index contributed by atoms with van der Waals surface area (Å²) >= 11 is 0. The summed E-state index contributed by atoms with van der Waals surface area (Å²) in [5.74, 6) is 1.56. The molecule has 0 saturated carbocycles. The lowest BCUT2D eigenvalue weighted by Gasteiger charge is -2.24. The molecule has 0 amide bonds. The Morgan fingerprint density at radius 2 is 2.17 bits per heavy atom. The Morgan fingerprint density at radius 1 is 1.33 bits per heavy atom. The van der Waals surface area contributed by atoms with Crippen molar-refractivity contribution < 1.29 is 13.9 Å². The Balaban J connectivity index is 2.35. The number of halogens is 1. The number of rotatable bonds is 4. The van der Waals surface area contributed by atoms with E-state index in [1.807, 2.05) is 12.1 Å². The van der Waals surface area contributed by atoms with Gasteiger partial charge in [-0.25, -0.2) is 4.39 Å². The first-order chi connectivity index (χ1) is 8.80. The van der Waals surface area contributed by atoms with Crippen molar-refractivity contribution in [2.45, 2.75) is 25.4 Å². The molecule has 1 heterocycles. The van der Waals surface area contributed by atoms with Gasteiger partial charge in [0.25, 0.3) is 0 Å². The minimum Gasteiger partial charge on any atom is -0.493 e. The zero-order chi connectivity index (χ0) is 13.0. The highest BCUT2D eigenvalue weighted by Gasteiger charge is 2.19. The quantitative estimate of drug-likeness (QED) is 0.894. The highest BCUT2D eigenvalue weighted by atomic mass is 19.1. The van der Waals surface area contributed by atoms with Gasteiger partial charge in [0.2, 0.25) is 0 Å². The standard InChI is InChI=1S/C14H20FNO2/c1-17-13-7-11(10-4-3-5-16-9-10)6-12(8-15)14(13)18-2/h6-7,10,16H,3-5,8-9H2,1-2H3. The summed E-state index contributed by atoms with van der Waals surface area (Å²) in [4.78, 5) is 0. The Morgan fingerprint density at radius 3 is 2.72 bits per heavy atom. The van der Waals surface area contributed by atoms with Crippen LogP contribution in [0.3, 0.4) is 0 Å². The number of piperidine rings is 1. The van der Waals surface area contributed by atoms with Crippen LogP contribution in [-0.2, 0) is 6.67 Å². The van der Waals surface area contributed by atoms with Crippen molar-refractivity contribution in [2.75, 3.05) is 27.3 Å². The van der Waals surface area contributed by atoms with Gasteiger partial charge >= 0.3 is 0 Å². The first kappa shape index (κ1) is 13.1. The second-order valence-electron chi connectivity index (χ2n) is 4.59. The molecular formula is C14H20FNO2. The summed E-state index contributed by atoms with van der Waals surface area (Å²) in [6.45, 7) is 1.48. The van der Waals surface area contributed by atoms with Crippen molar-refractivity contribution in [1.82, 2.24) is 5.32 Å². The highest BCUT2D eigenvalue weighted by Crippen LogP contribution is 2.36. The zero-order valence-corrected chi connectivity index (χ0v) is 11.0. The fourth-order valence-electron chi connectivity index (χ4n) is 2.54. The second kappa shape index (κ2) is 6.05. The van der Waals surface area contributed by atoms with Crippen molar-refractivity contribution in [2.24, 2.45) is 0 Å². The maximum Gasteiger partial charge on any atom is 0.166 e. The van der Waals surface area contributed by atoms with E-state index in [-0.39, 0.29) is 0 Å². The van der Waals surface area contributed by atoms with Crippen LogP contribution in [0.4, 0.5) is 4.39 Å². The smallest absolute Gasteiger partial charge is 0.166 e. The van der Waals surface area contributed by atoms with E-state index in [4.69, 9.17) is 9.47 Å². The molecule has 1 aromatic rings. The SMILES string of the molecule is COc1cc(C2CCCNC2)cc(CF)c1OC. The lowest BCUT2D eigenvalue weighted by molar-refractivity contribution is 0.343. The van der Waals surface area contributed by atoms with Crippen LogP contribution in [0, 0.1) is 0 Å². The fraction of sp³-hybridized carbons (Fsp3) is 0.571. The Kier molecular flexibility index (Phi) is 4.42. The zero-order valence-electron chi connectivity index (χ0n) is 11.0. The maximum atomic E-state index is 13.1. The molecule has 1 aromatic carbocycles. The van der Waals surface area contributed by atoms with Crippen LogP contribution in [0.5, 0.6) is 11.5 Å². The Labute approximate surface area is 107 Å². The molecule has 1 saturated heterocycles.